The van der Waals surface area contributed by atoms with Crippen LogP contribution in [0.15, 0.2) is 42.7 Å². The van der Waals surface area contributed by atoms with Crippen molar-refractivity contribution in [2.75, 3.05) is 51.3 Å². The molecular weight excluding hydrogens is 471 g/mol. The fourth-order valence-electron chi connectivity index (χ4n) is 5.11. The Kier molecular flexibility index (Phi) is 6.48. The van der Waals surface area contributed by atoms with Crippen molar-refractivity contribution in [2.24, 2.45) is 0 Å². The van der Waals surface area contributed by atoms with Crippen LogP contribution in [0.25, 0.3) is 33.8 Å². The molecule has 2 aromatic carbocycles. The van der Waals surface area contributed by atoms with Crippen LogP contribution >= 0.6 is 0 Å². The molecule has 6 rings (SSSR count). The van der Waals surface area contributed by atoms with Crippen molar-refractivity contribution in [2.45, 2.75) is 25.9 Å². The first kappa shape index (κ1) is 23.8. The van der Waals surface area contributed by atoms with Crippen molar-refractivity contribution in [3.63, 3.8) is 0 Å². The lowest BCUT2D eigenvalue weighted by Gasteiger charge is -2.29. The fraction of sp³-hybridized carbons (Fsp3) is 0.393. The molecule has 192 valence electrons. The third kappa shape index (κ3) is 4.89. The Labute approximate surface area is 215 Å². The van der Waals surface area contributed by atoms with Gasteiger partial charge in [-0.1, -0.05) is 0 Å². The minimum atomic E-state index is -0.276. The third-order valence-electron chi connectivity index (χ3n) is 7.27. The molecule has 37 heavy (non-hydrogen) atoms. The molecule has 0 bridgehead atoms. The summed E-state index contributed by atoms with van der Waals surface area (Å²) >= 11 is 0. The Hall–Kier alpha value is -3.56. The zero-order chi connectivity index (χ0) is 25.4. The monoisotopic (exact) mass is 502 g/mol. The van der Waals surface area contributed by atoms with Crippen LogP contribution in [0.5, 0.6) is 5.75 Å². The Morgan fingerprint density at radius 2 is 1.78 bits per heavy atom. The highest BCUT2D eigenvalue weighted by molar-refractivity contribution is 5.89. The second-order valence-electron chi connectivity index (χ2n) is 9.87. The number of nitrogens with zero attached hydrogens (tertiary/aromatic N) is 5. The molecule has 4 aromatic rings. The minimum Gasteiger partial charge on any atom is -0.490 e. The number of halogens is 1. The number of benzene rings is 2. The van der Waals surface area contributed by atoms with Gasteiger partial charge in [0.25, 0.3) is 0 Å². The average molecular weight is 503 g/mol. The normalized spacial score (nSPS) is 17.4. The molecule has 2 aliphatic heterocycles. The summed E-state index contributed by atoms with van der Waals surface area (Å²) in [7, 11) is 2.15. The van der Waals surface area contributed by atoms with E-state index in [-0.39, 0.29) is 11.9 Å². The first-order valence-corrected chi connectivity index (χ1v) is 12.8. The second-order valence-corrected chi connectivity index (χ2v) is 9.87. The molecule has 2 aromatic heterocycles. The Bertz CT molecular complexity index is 1410. The standard InChI is InChI=1S/C28H31FN6O2/c1-18-15-19(4-6-24(18)37-21-7-9-34(2)10-8-21)25-26-28(31-17-30-25)33-27(32-26)20-3-5-23(22(29)16-20)35-11-13-36-14-12-35/h3-6,15-17,21H,7-14H2,1-2H3,(H,30,31,32,33). The number of rotatable bonds is 5. The van der Waals surface area contributed by atoms with E-state index in [9.17, 15) is 0 Å². The van der Waals surface area contributed by atoms with E-state index in [1.807, 2.05) is 29.2 Å². The van der Waals surface area contributed by atoms with Crippen molar-refractivity contribution in [1.29, 1.82) is 0 Å². The van der Waals surface area contributed by atoms with Gasteiger partial charge in [-0.25, -0.2) is 19.3 Å². The number of aromatic amines is 1. The number of hydrogen-bond donors (Lipinski definition) is 1. The van der Waals surface area contributed by atoms with Crippen LogP contribution in [-0.2, 0) is 4.74 Å². The van der Waals surface area contributed by atoms with Crippen LogP contribution in [0.4, 0.5) is 10.1 Å². The summed E-state index contributed by atoms with van der Waals surface area (Å²) in [5.74, 6) is 1.19. The first-order valence-electron chi connectivity index (χ1n) is 12.8. The van der Waals surface area contributed by atoms with Crippen LogP contribution in [0, 0.1) is 12.7 Å². The maximum Gasteiger partial charge on any atom is 0.181 e. The second kappa shape index (κ2) is 10.1. The SMILES string of the molecule is Cc1cc(-c2ncnc3nc(-c4ccc(N5CCOCC5)c(F)c4)[nH]c23)ccc1OC1CCN(C)CC1. The van der Waals surface area contributed by atoms with Gasteiger partial charge < -0.3 is 24.3 Å². The Balaban J connectivity index is 1.27. The number of fused-ring (bicyclic) bond motifs is 1. The number of H-pyrrole nitrogens is 1. The third-order valence-corrected chi connectivity index (χ3v) is 7.27. The van der Waals surface area contributed by atoms with Crippen molar-refractivity contribution in [3.8, 4) is 28.4 Å². The summed E-state index contributed by atoms with van der Waals surface area (Å²) in [6.07, 6.45) is 3.84. The lowest BCUT2D eigenvalue weighted by Crippen LogP contribution is -2.36. The average Bonchev–Trinajstić information content (AvgIpc) is 3.36. The molecule has 2 fully saturated rings. The maximum absolute atomic E-state index is 15.0. The zero-order valence-corrected chi connectivity index (χ0v) is 21.2. The number of anilines is 1. The van der Waals surface area contributed by atoms with Crippen LogP contribution in [0.2, 0.25) is 0 Å². The van der Waals surface area contributed by atoms with E-state index in [1.165, 1.54) is 12.4 Å². The van der Waals surface area contributed by atoms with Gasteiger partial charge >= 0.3 is 0 Å². The molecule has 8 nitrogen and oxygen atoms in total. The molecular formula is C28H31FN6O2. The van der Waals surface area contributed by atoms with Gasteiger partial charge in [-0.15, -0.1) is 0 Å². The number of piperidine rings is 1. The molecule has 4 heterocycles. The van der Waals surface area contributed by atoms with Crippen molar-refractivity contribution in [1.82, 2.24) is 24.8 Å². The van der Waals surface area contributed by atoms with Gasteiger partial charge in [-0.05, 0) is 68.8 Å². The number of likely N-dealkylation sites (tertiary alicyclic amines) is 1. The first-order chi connectivity index (χ1) is 18.0. The number of aromatic nitrogens is 4. The topological polar surface area (TPSA) is 79.4 Å². The summed E-state index contributed by atoms with van der Waals surface area (Å²) in [4.78, 5) is 21.2. The van der Waals surface area contributed by atoms with Crippen LogP contribution < -0.4 is 9.64 Å². The molecule has 0 amide bonds. The Morgan fingerprint density at radius 1 is 1.00 bits per heavy atom. The van der Waals surface area contributed by atoms with E-state index < -0.39 is 0 Å². The number of aryl methyl sites for hydroxylation is 1. The lowest BCUT2D eigenvalue weighted by molar-refractivity contribution is 0.113. The summed E-state index contributed by atoms with van der Waals surface area (Å²) < 4.78 is 26.7. The predicted molar refractivity (Wildman–Crippen MR) is 141 cm³/mol. The molecule has 0 unspecified atom stereocenters. The van der Waals surface area contributed by atoms with Crippen molar-refractivity contribution < 1.29 is 13.9 Å². The Morgan fingerprint density at radius 3 is 2.54 bits per heavy atom. The van der Waals surface area contributed by atoms with E-state index in [0.29, 0.717) is 49.0 Å². The molecule has 9 heteroatoms. The molecule has 0 radical (unpaired) electrons. The summed E-state index contributed by atoms with van der Waals surface area (Å²) in [5.41, 5.74) is 5.27. The van der Waals surface area contributed by atoms with Crippen molar-refractivity contribution in [3.05, 3.63) is 54.1 Å². The molecule has 0 saturated carbocycles. The van der Waals surface area contributed by atoms with E-state index in [1.54, 1.807) is 0 Å². The van der Waals surface area contributed by atoms with Crippen LogP contribution in [0.3, 0.4) is 0 Å². The fourth-order valence-corrected chi connectivity index (χ4v) is 5.11. The van der Waals surface area contributed by atoms with Gasteiger partial charge in [0.15, 0.2) is 5.65 Å². The van der Waals surface area contributed by atoms with E-state index >= 15 is 4.39 Å². The quantitative estimate of drug-likeness (QED) is 0.432. The number of morpholine rings is 1. The number of imidazole rings is 1. The molecule has 2 saturated heterocycles. The summed E-state index contributed by atoms with van der Waals surface area (Å²) in [6, 6.07) is 11.3. The number of hydrogen-bond acceptors (Lipinski definition) is 7. The van der Waals surface area contributed by atoms with Gasteiger partial charge in [0.2, 0.25) is 0 Å². The van der Waals surface area contributed by atoms with Crippen molar-refractivity contribution >= 4 is 16.9 Å². The molecule has 1 N–H and O–H groups in total. The largest absolute Gasteiger partial charge is 0.490 e. The van der Waals surface area contributed by atoms with Gasteiger partial charge in [0.1, 0.15) is 35.3 Å². The van der Waals surface area contributed by atoms with Gasteiger partial charge in [0, 0.05) is 37.3 Å². The minimum absolute atomic E-state index is 0.247. The zero-order valence-electron chi connectivity index (χ0n) is 21.2. The van der Waals surface area contributed by atoms with E-state index in [0.717, 1.165) is 54.0 Å². The molecule has 2 aliphatic rings. The highest BCUT2D eigenvalue weighted by atomic mass is 19.1. The predicted octanol–water partition coefficient (Wildman–Crippen LogP) is 4.44. The molecule has 0 spiro atoms. The smallest absolute Gasteiger partial charge is 0.181 e. The number of ether oxygens (including phenoxy) is 2. The maximum atomic E-state index is 15.0. The van der Waals surface area contributed by atoms with E-state index in [2.05, 4.69) is 44.9 Å². The lowest BCUT2D eigenvalue weighted by atomic mass is 10.1. The summed E-state index contributed by atoms with van der Waals surface area (Å²) in [6.45, 7) is 6.75. The molecule has 0 atom stereocenters. The molecule has 0 aliphatic carbocycles. The van der Waals surface area contributed by atoms with Crippen LogP contribution in [0.1, 0.15) is 18.4 Å². The highest BCUT2D eigenvalue weighted by Gasteiger charge is 2.20. The van der Waals surface area contributed by atoms with Crippen LogP contribution in [-0.4, -0.2) is 77.4 Å². The number of nitrogens with one attached hydrogen (secondary N) is 1. The van der Waals surface area contributed by atoms with Gasteiger partial charge in [-0.2, -0.15) is 0 Å². The van der Waals surface area contributed by atoms with Gasteiger partial charge in [0.05, 0.1) is 24.6 Å². The van der Waals surface area contributed by atoms with E-state index in [4.69, 9.17) is 9.47 Å². The highest BCUT2D eigenvalue weighted by Crippen LogP contribution is 2.32. The van der Waals surface area contributed by atoms with Gasteiger partial charge in [-0.3, -0.25) is 0 Å². The summed E-state index contributed by atoms with van der Waals surface area (Å²) in [5, 5.41) is 0.